The number of unbranched alkanes of at least 4 members (excludes halogenated alkanes) is 2. The van der Waals surface area contributed by atoms with E-state index < -0.39 is 0 Å². The van der Waals surface area contributed by atoms with Gasteiger partial charge in [-0.15, -0.1) is 0 Å². The molecule has 0 radical (unpaired) electrons. The molecule has 3 aliphatic rings. The van der Waals surface area contributed by atoms with Gasteiger partial charge in [0.05, 0.1) is 0 Å². The molecule has 124 valence electrons. The van der Waals surface area contributed by atoms with Crippen LogP contribution in [0, 0.1) is 27.6 Å². The van der Waals surface area contributed by atoms with Crippen molar-refractivity contribution in [1.82, 2.24) is 0 Å². The fourth-order valence-corrected chi connectivity index (χ4v) is 7.50. The van der Waals surface area contributed by atoms with Gasteiger partial charge in [-0.3, -0.25) is 4.79 Å². The Morgan fingerprint density at radius 2 is 1.86 bits per heavy atom. The van der Waals surface area contributed by atoms with Crippen molar-refractivity contribution in [1.29, 1.82) is 0 Å². The predicted molar refractivity (Wildman–Crippen MR) is 88.5 cm³/mol. The Hall–Kier alpha value is -0.660. The van der Waals surface area contributed by atoms with Crippen molar-refractivity contribution in [2.24, 2.45) is 27.6 Å². The molecule has 1 unspecified atom stereocenters. The molecule has 3 fully saturated rings. The van der Waals surface area contributed by atoms with Gasteiger partial charge in [0.1, 0.15) is 12.1 Å². The van der Waals surface area contributed by atoms with E-state index in [0.717, 1.165) is 38.4 Å². The van der Waals surface area contributed by atoms with Crippen molar-refractivity contribution < 1.29 is 9.59 Å². The van der Waals surface area contributed by atoms with Gasteiger partial charge in [-0.25, -0.2) is 0 Å². The molecule has 0 aromatic carbocycles. The van der Waals surface area contributed by atoms with Crippen LogP contribution in [0.4, 0.5) is 0 Å². The van der Waals surface area contributed by atoms with Gasteiger partial charge in [0, 0.05) is 18.3 Å². The third kappa shape index (κ3) is 1.79. The summed E-state index contributed by atoms with van der Waals surface area (Å²) in [5.74, 6) is 1.14. The number of hydrogen-bond acceptors (Lipinski definition) is 2. The standard InChI is InChI=1S/C20H32O2/c1-17(2)14-19(4)12-9-16(22)20(19)15(17)8-11-18(20,3)10-6-5-7-13-21/h13,15H,5-12,14H2,1-4H3/t15-,18+,19-,20?/m1/s1. The molecule has 2 nitrogen and oxygen atoms in total. The van der Waals surface area contributed by atoms with Crippen LogP contribution in [0.1, 0.15) is 85.5 Å². The highest BCUT2D eigenvalue weighted by Gasteiger charge is 2.77. The molecule has 4 atom stereocenters. The highest BCUT2D eigenvalue weighted by Crippen LogP contribution is 2.80. The minimum Gasteiger partial charge on any atom is -0.303 e. The zero-order valence-corrected chi connectivity index (χ0v) is 14.8. The Morgan fingerprint density at radius 3 is 2.55 bits per heavy atom. The van der Waals surface area contributed by atoms with Gasteiger partial charge in [0.2, 0.25) is 0 Å². The second kappa shape index (κ2) is 4.92. The maximum absolute atomic E-state index is 13.2. The van der Waals surface area contributed by atoms with Crippen molar-refractivity contribution in [3.8, 4) is 0 Å². The maximum atomic E-state index is 13.2. The van der Waals surface area contributed by atoms with E-state index in [4.69, 9.17) is 0 Å². The predicted octanol–water partition coefficient (Wildman–Crippen LogP) is 4.95. The Morgan fingerprint density at radius 1 is 1.14 bits per heavy atom. The summed E-state index contributed by atoms with van der Waals surface area (Å²) in [6.07, 6.45) is 10.4. The number of carbonyl (C=O) groups is 2. The minimum absolute atomic E-state index is 0.0787. The summed E-state index contributed by atoms with van der Waals surface area (Å²) in [6, 6.07) is 0. The number of aldehydes is 1. The van der Waals surface area contributed by atoms with E-state index >= 15 is 0 Å². The van der Waals surface area contributed by atoms with Gasteiger partial charge in [-0.1, -0.05) is 34.1 Å². The highest BCUT2D eigenvalue weighted by atomic mass is 16.1. The number of ketones is 1. The van der Waals surface area contributed by atoms with Gasteiger partial charge in [0.15, 0.2) is 0 Å². The van der Waals surface area contributed by atoms with Crippen LogP contribution in [0.2, 0.25) is 0 Å². The summed E-state index contributed by atoms with van der Waals surface area (Å²) >= 11 is 0. The van der Waals surface area contributed by atoms with Gasteiger partial charge in [0.25, 0.3) is 0 Å². The first-order chi connectivity index (χ1) is 10.2. The van der Waals surface area contributed by atoms with Crippen molar-refractivity contribution >= 4 is 12.1 Å². The molecule has 0 N–H and O–H groups in total. The molecule has 3 aliphatic carbocycles. The molecule has 0 saturated heterocycles. The summed E-state index contributed by atoms with van der Waals surface area (Å²) in [7, 11) is 0. The molecular formula is C20H32O2. The number of hydrogen-bond donors (Lipinski definition) is 0. The van der Waals surface area contributed by atoms with E-state index in [2.05, 4.69) is 27.7 Å². The highest BCUT2D eigenvalue weighted by molar-refractivity contribution is 5.90. The zero-order valence-electron chi connectivity index (χ0n) is 14.8. The molecule has 3 saturated carbocycles. The first-order valence-corrected chi connectivity index (χ1v) is 9.20. The van der Waals surface area contributed by atoms with Crippen LogP contribution in [0.5, 0.6) is 0 Å². The summed E-state index contributed by atoms with van der Waals surface area (Å²) in [5.41, 5.74) is 0.570. The summed E-state index contributed by atoms with van der Waals surface area (Å²) < 4.78 is 0. The Kier molecular flexibility index (Phi) is 3.62. The first-order valence-electron chi connectivity index (χ1n) is 9.20. The molecule has 0 heterocycles. The topological polar surface area (TPSA) is 34.1 Å². The molecule has 0 bridgehead atoms. The lowest BCUT2D eigenvalue weighted by Gasteiger charge is -2.49. The molecule has 22 heavy (non-hydrogen) atoms. The van der Waals surface area contributed by atoms with Crippen LogP contribution < -0.4 is 0 Å². The van der Waals surface area contributed by atoms with Crippen molar-refractivity contribution in [2.75, 3.05) is 0 Å². The lowest BCUT2D eigenvalue weighted by Crippen LogP contribution is -2.49. The van der Waals surface area contributed by atoms with Crippen LogP contribution in [0.25, 0.3) is 0 Å². The summed E-state index contributed by atoms with van der Waals surface area (Å²) in [6.45, 7) is 9.61. The van der Waals surface area contributed by atoms with Crippen molar-refractivity contribution in [3.05, 3.63) is 0 Å². The van der Waals surface area contributed by atoms with Gasteiger partial charge in [-0.2, -0.15) is 0 Å². The van der Waals surface area contributed by atoms with Crippen LogP contribution in [-0.2, 0) is 9.59 Å². The maximum Gasteiger partial charge on any atom is 0.140 e. The van der Waals surface area contributed by atoms with Crippen molar-refractivity contribution in [3.63, 3.8) is 0 Å². The molecule has 2 heteroatoms. The van der Waals surface area contributed by atoms with Crippen LogP contribution in [-0.4, -0.2) is 12.1 Å². The number of rotatable bonds is 5. The fraction of sp³-hybridized carbons (Fsp3) is 0.900. The average molecular weight is 304 g/mol. The van der Waals surface area contributed by atoms with E-state index in [-0.39, 0.29) is 16.2 Å². The van der Waals surface area contributed by atoms with Gasteiger partial charge < -0.3 is 4.79 Å². The van der Waals surface area contributed by atoms with Crippen LogP contribution >= 0.6 is 0 Å². The third-order valence-electron chi connectivity index (χ3n) is 7.84. The third-order valence-corrected chi connectivity index (χ3v) is 7.84. The van der Waals surface area contributed by atoms with Gasteiger partial charge in [-0.05, 0) is 60.7 Å². The number of carbonyl (C=O) groups excluding carboxylic acids is 2. The Labute approximate surface area is 135 Å². The largest absolute Gasteiger partial charge is 0.303 e. The molecule has 0 aromatic rings. The minimum atomic E-state index is -0.0787. The zero-order chi connectivity index (χ0) is 16.2. The lowest BCUT2D eigenvalue weighted by atomic mass is 9.53. The molecule has 3 rings (SSSR count). The smallest absolute Gasteiger partial charge is 0.140 e. The summed E-state index contributed by atoms with van der Waals surface area (Å²) in [4.78, 5) is 23.8. The second-order valence-corrected chi connectivity index (χ2v) is 9.52. The SMILES string of the molecule is CC1(C)C[C@@]2(C)CCC(=O)C23[C@@H]1CC[C@]3(C)CCCCC=O. The normalized spacial score (nSPS) is 45.8. The van der Waals surface area contributed by atoms with E-state index in [9.17, 15) is 9.59 Å². The number of Topliss-reactive ketones (excluding diaryl/α,β-unsaturated/α-hetero) is 1. The monoisotopic (exact) mass is 304 g/mol. The van der Waals surface area contributed by atoms with E-state index in [0.29, 0.717) is 23.5 Å². The Bertz CT molecular complexity index is 494. The second-order valence-electron chi connectivity index (χ2n) is 9.52. The fourth-order valence-electron chi connectivity index (χ4n) is 7.50. The molecule has 1 spiro atoms. The average Bonchev–Trinajstić information content (AvgIpc) is 2.94. The first kappa shape index (κ1) is 16.2. The lowest BCUT2D eigenvalue weighted by molar-refractivity contribution is -0.140. The molecular weight excluding hydrogens is 272 g/mol. The van der Waals surface area contributed by atoms with E-state index in [1.807, 2.05) is 0 Å². The van der Waals surface area contributed by atoms with E-state index in [1.165, 1.54) is 19.3 Å². The summed E-state index contributed by atoms with van der Waals surface area (Å²) in [5, 5.41) is 0. The van der Waals surface area contributed by atoms with Crippen LogP contribution in [0.3, 0.4) is 0 Å². The quantitative estimate of drug-likeness (QED) is 0.532. The van der Waals surface area contributed by atoms with Crippen molar-refractivity contribution in [2.45, 2.75) is 85.5 Å². The molecule has 0 aromatic heterocycles. The van der Waals surface area contributed by atoms with Crippen LogP contribution in [0.15, 0.2) is 0 Å². The van der Waals surface area contributed by atoms with Gasteiger partial charge >= 0.3 is 0 Å². The van der Waals surface area contributed by atoms with E-state index in [1.54, 1.807) is 0 Å². The molecule has 0 amide bonds. The molecule has 0 aliphatic heterocycles. The Balaban J connectivity index is 1.96.